The van der Waals surface area contributed by atoms with Crippen molar-refractivity contribution >= 4 is 40.1 Å². The van der Waals surface area contributed by atoms with Crippen LogP contribution in [0.1, 0.15) is 22.8 Å². The topological polar surface area (TPSA) is 39.2 Å². The Labute approximate surface area is 185 Å². The molecule has 0 saturated carbocycles. The van der Waals surface area contributed by atoms with Crippen molar-refractivity contribution in [2.45, 2.75) is 13.8 Å². The first kappa shape index (κ1) is 20.4. The summed E-state index contributed by atoms with van der Waals surface area (Å²) >= 11 is 13.0. The first-order chi connectivity index (χ1) is 14.5. The number of carbonyl (C=O) groups excluding carboxylic acids is 1. The molecule has 0 aliphatic rings. The van der Waals surface area contributed by atoms with Crippen LogP contribution in [0.5, 0.6) is 0 Å². The minimum atomic E-state index is -0.457. The van der Waals surface area contributed by atoms with Crippen LogP contribution in [0, 0.1) is 6.92 Å². The lowest BCUT2D eigenvalue weighted by Crippen LogP contribution is -2.10. The monoisotopic (exact) mass is 435 g/mol. The van der Waals surface area contributed by atoms with E-state index in [9.17, 15) is 4.79 Å². The van der Waals surface area contributed by atoms with Crippen molar-refractivity contribution < 1.29 is 9.53 Å². The van der Waals surface area contributed by atoms with Gasteiger partial charge >= 0.3 is 5.97 Å². The number of halogens is 2. The molecule has 4 rings (SSSR count). The summed E-state index contributed by atoms with van der Waals surface area (Å²) in [5, 5.41) is 1.32. The number of carbonyl (C=O) groups is 1. The van der Waals surface area contributed by atoms with E-state index in [4.69, 9.17) is 32.9 Å². The Hall–Kier alpha value is -2.88. The molecule has 0 aliphatic heterocycles. The molecule has 0 aliphatic carbocycles. The summed E-state index contributed by atoms with van der Waals surface area (Å²) in [5.41, 5.74) is 5.03. The number of aryl methyl sites for hydroxylation is 1. The van der Waals surface area contributed by atoms with Gasteiger partial charge in [0.15, 0.2) is 0 Å². The first-order valence-corrected chi connectivity index (χ1v) is 10.4. The Bertz CT molecular complexity index is 1240. The maximum Gasteiger partial charge on any atom is 0.339 e. The van der Waals surface area contributed by atoms with Crippen LogP contribution in [0.2, 0.25) is 10.0 Å². The summed E-state index contributed by atoms with van der Waals surface area (Å²) in [4.78, 5) is 18.1. The number of esters is 1. The highest BCUT2D eigenvalue weighted by molar-refractivity contribution is 6.41. The van der Waals surface area contributed by atoms with Gasteiger partial charge in [-0.25, -0.2) is 9.78 Å². The number of fused-ring (bicyclic) bond motifs is 1. The average Bonchev–Trinajstić information content (AvgIpc) is 2.76. The number of rotatable bonds is 4. The van der Waals surface area contributed by atoms with Gasteiger partial charge < -0.3 is 4.74 Å². The third-order valence-electron chi connectivity index (χ3n) is 4.91. The van der Waals surface area contributed by atoms with E-state index in [2.05, 4.69) is 0 Å². The van der Waals surface area contributed by atoms with Crippen molar-refractivity contribution in [1.29, 1.82) is 0 Å². The van der Waals surface area contributed by atoms with Crippen molar-refractivity contribution in [3.05, 3.63) is 87.9 Å². The molecule has 0 fully saturated rings. The molecule has 0 unspecified atom stereocenters. The van der Waals surface area contributed by atoms with Crippen LogP contribution in [0.25, 0.3) is 33.3 Å². The highest BCUT2D eigenvalue weighted by atomic mass is 35.5. The van der Waals surface area contributed by atoms with E-state index >= 15 is 0 Å². The summed E-state index contributed by atoms with van der Waals surface area (Å²) in [7, 11) is 0. The fourth-order valence-corrected chi connectivity index (χ4v) is 3.96. The standard InChI is InChI=1S/C25H19Cl2NO2/c1-3-30-25(29)22-20(16-7-5-4-6-8-16)23(17-11-9-15(2)10-12-17)28-24-19(27)14-13-18(26)21(22)24/h4-14H,3H2,1-2H3. The second kappa shape index (κ2) is 8.47. The van der Waals surface area contributed by atoms with Crippen molar-refractivity contribution in [1.82, 2.24) is 4.98 Å². The Kier molecular flexibility index (Phi) is 5.76. The van der Waals surface area contributed by atoms with Gasteiger partial charge in [0.1, 0.15) is 0 Å². The van der Waals surface area contributed by atoms with Crippen LogP contribution in [0.4, 0.5) is 0 Å². The van der Waals surface area contributed by atoms with Crippen LogP contribution in [-0.4, -0.2) is 17.6 Å². The van der Waals surface area contributed by atoms with Gasteiger partial charge in [0, 0.05) is 16.5 Å². The molecule has 0 N–H and O–H groups in total. The maximum absolute atomic E-state index is 13.2. The average molecular weight is 436 g/mol. The largest absolute Gasteiger partial charge is 0.462 e. The van der Waals surface area contributed by atoms with Crippen molar-refractivity contribution in [2.24, 2.45) is 0 Å². The fraction of sp³-hybridized carbons (Fsp3) is 0.120. The Morgan fingerprint density at radius 3 is 2.23 bits per heavy atom. The predicted molar refractivity (Wildman–Crippen MR) is 123 cm³/mol. The highest BCUT2D eigenvalue weighted by Gasteiger charge is 2.26. The summed E-state index contributed by atoms with van der Waals surface area (Å²) in [6.45, 7) is 4.05. The molecular weight excluding hydrogens is 417 g/mol. The van der Waals surface area contributed by atoms with Crippen molar-refractivity contribution in [2.75, 3.05) is 6.61 Å². The fourth-order valence-electron chi connectivity index (χ4n) is 3.51. The molecule has 0 bridgehead atoms. The second-order valence-electron chi connectivity index (χ2n) is 6.92. The van der Waals surface area contributed by atoms with Crippen molar-refractivity contribution in [3.63, 3.8) is 0 Å². The van der Waals surface area contributed by atoms with E-state index in [0.29, 0.717) is 37.8 Å². The normalized spacial score (nSPS) is 10.9. The Balaban J connectivity index is 2.21. The van der Waals surface area contributed by atoms with Crippen LogP contribution in [-0.2, 0) is 4.74 Å². The minimum absolute atomic E-state index is 0.245. The molecule has 0 saturated heterocycles. The Morgan fingerprint density at radius 1 is 0.900 bits per heavy atom. The van der Waals surface area contributed by atoms with Gasteiger partial charge in [0.2, 0.25) is 0 Å². The Morgan fingerprint density at radius 2 is 1.57 bits per heavy atom. The lowest BCUT2D eigenvalue weighted by molar-refractivity contribution is 0.0529. The lowest BCUT2D eigenvalue weighted by atomic mass is 9.91. The van der Waals surface area contributed by atoms with Gasteiger partial charge in [-0.05, 0) is 31.5 Å². The molecule has 150 valence electrons. The molecule has 1 heterocycles. The number of nitrogens with zero attached hydrogens (tertiary/aromatic N) is 1. The second-order valence-corrected chi connectivity index (χ2v) is 7.73. The molecule has 0 atom stereocenters. The molecule has 5 heteroatoms. The van der Waals surface area contributed by atoms with Gasteiger partial charge in [-0.15, -0.1) is 0 Å². The number of hydrogen-bond donors (Lipinski definition) is 0. The zero-order valence-corrected chi connectivity index (χ0v) is 18.1. The third kappa shape index (κ3) is 3.67. The number of benzene rings is 3. The predicted octanol–water partition coefficient (Wildman–Crippen LogP) is 7.36. The van der Waals surface area contributed by atoms with E-state index in [1.807, 2.05) is 61.5 Å². The first-order valence-electron chi connectivity index (χ1n) is 9.62. The molecular formula is C25H19Cl2NO2. The highest BCUT2D eigenvalue weighted by Crippen LogP contribution is 2.42. The zero-order chi connectivity index (χ0) is 21.3. The van der Waals surface area contributed by atoms with Crippen molar-refractivity contribution in [3.8, 4) is 22.4 Å². The van der Waals surface area contributed by atoms with Crippen LogP contribution in [0.15, 0.2) is 66.7 Å². The molecule has 0 radical (unpaired) electrons. The quantitative estimate of drug-likeness (QED) is 0.314. The van der Waals surface area contributed by atoms with E-state index in [0.717, 1.165) is 16.7 Å². The van der Waals surface area contributed by atoms with Gasteiger partial charge in [0.05, 0.1) is 33.4 Å². The van der Waals surface area contributed by atoms with E-state index in [-0.39, 0.29) is 6.61 Å². The van der Waals surface area contributed by atoms with E-state index in [1.165, 1.54) is 0 Å². The molecule has 0 amide bonds. The minimum Gasteiger partial charge on any atom is -0.462 e. The molecule has 3 aromatic carbocycles. The van der Waals surface area contributed by atoms with E-state index in [1.54, 1.807) is 19.1 Å². The van der Waals surface area contributed by atoms with Crippen LogP contribution >= 0.6 is 23.2 Å². The van der Waals surface area contributed by atoms with Crippen LogP contribution < -0.4 is 0 Å². The third-order valence-corrected chi connectivity index (χ3v) is 5.53. The van der Waals surface area contributed by atoms with Gasteiger partial charge in [-0.3, -0.25) is 0 Å². The molecule has 3 nitrogen and oxygen atoms in total. The summed E-state index contributed by atoms with van der Waals surface area (Å²) in [6, 6.07) is 21.0. The number of hydrogen-bond acceptors (Lipinski definition) is 3. The van der Waals surface area contributed by atoms with E-state index < -0.39 is 5.97 Å². The molecule has 30 heavy (non-hydrogen) atoms. The lowest BCUT2D eigenvalue weighted by Gasteiger charge is -2.18. The summed E-state index contributed by atoms with van der Waals surface area (Å²) in [5.74, 6) is -0.457. The maximum atomic E-state index is 13.2. The molecule has 1 aromatic heterocycles. The van der Waals surface area contributed by atoms with Crippen LogP contribution in [0.3, 0.4) is 0 Å². The number of ether oxygens (including phenoxy) is 1. The molecule has 4 aromatic rings. The molecule has 0 spiro atoms. The number of aromatic nitrogens is 1. The zero-order valence-electron chi connectivity index (χ0n) is 16.6. The number of pyridine rings is 1. The summed E-state index contributed by atoms with van der Waals surface area (Å²) in [6.07, 6.45) is 0. The van der Waals surface area contributed by atoms with Gasteiger partial charge in [-0.2, -0.15) is 0 Å². The van der Waals surface area contributed by atoms with Gasteiger partial charge in [0.25, 0.3) is 0 Å². The van der Waals surface area contributed by atoms with Gasteiger partial charge in [-0.1, -0.05) is 83.4 Å². The summed E-state index contributed by atoms with van der Waals surface area (Å²) < 4.78 is 5.43. The smallest absolute Gasteiger partial charge is 0.339 e. The SMILES string of the molecule is CCOC(=O)c1c(-c2ccccc2)c(-c2ccc(C)cc2)nc2c(Cl)ccc(Cl)c12.